The van der Waals surface area contributed by atoms with Gasteiger partial charge in [0, 0.05) is 29.5 Å². The molecule has 7 heteroatoms. The first-order chi connectivity index (χ1) is 18.0. The van der Waals surface area contributed by atoms with Crippen molar-refractivity contribution in [1.29, 1.82) is 0 Å². The predicted molar refractivity (Wildman–Crippen MR) is 141 cm³/mol. The van der Waals surface area contributed by atoms with E-state index >= 15 is 0 Å². The Labute approximate surface area is 219 Å². The second-order valence-electron chi connectivity index (χ2n) is 9.80. The third kappa shape index (κ3) is 4.31. The Morgan fingerprint density at radius 2 is 1.16 bits per heavy atom. The van der Waals surface area contributed by atoms with Crippen molar-refractivity contribution in [2.45, 2.75) is 32.0 Å². The first kappa shape index (κ1) is 25.1. The summed E-state index contributed by atoms with van der Waals surface area (Å²) in [5, 5.41) is 0. The van der Waals surface area contributed by atoms with Crippen LogP contribution in [-0.4, -0.2) is 53.7 Å². The van der Waals surface area contributed by atoms with E-state index in [1.165, 1.54) is 27.8 Å². The van der Waals surface area contributed by atoms with E-state index in [0.29, 0.717) is 0 Å². The number of benzene rings is 3. The molecule has 0 N–H and O–H groups in total. The molecule has 2 heterocycles. The summed E-state index contributed by atoms with van der Waals surface area (Å²) in [4.78, 5) is 0. The van der Waals surface area contributed by atoms with Gasteiger partial charge in [-0.15, -0.1) is 0 Å². The normalized spacial score (nSPS) is 19.7. The minimum absolute atomic E-state index is 0.252. The number of fused-ring (bicyclic) bond motifs is 4. The van der Waals surface area contributed by atoms with Gasteiger partial charge in [0.1, 0.15) is 19.1 Å². The van der Waals surface area contributed by atoms with E-state index in [0.717, 1.165) is 71.5 Å². The smallest absolute Gasteiger partial charge is 0.161 e. The zero-order chi connectivity index (χ0) is 26.2. The Hall–Kier alpha value is -3.58. The van der Waals surface area contributed by atoms with E-state index in [-0.39, 0.29) is 6.04 Å². The number of ether oxygens (including phenoxy) is 6. The average molecular weight is 507 g/mol. The number of nitrogens with zero attached hydrogens (tertiary/aromatic N) is 1. The molecular weight excluding hydrogens is 470 g/mol. The lowest BCUT2D eigenvalue weighted by molar-refractivity contribution is -0.985. The zero-order valence-electron chi connectivity index (χ0n) is 22.6. The lowest BCUT2D eigenvalue weighted by Crippen LogP contribution is -2.55. The molecule has 0 saturated carbocycles. The molecule has 0 aromatic heterocycles. The second-order valence-corrected chi connectivity index (χ2v) is 9.80. The van der Waals surface area contributed by atoms with Gasteiger partial charge in [0.05, 0.1) is 49.2 Å². The molecule has 196 valence electrons. The number of quaternary nitrogens is 1. The number of hydrogen-bond acceptors (Lipinski definition) is 6. The van der Waals surface area contributed by atoms with Gasteiger partial charge in [0.15, 0.2) is 34.5 Å². The summed E-state index contributed by atoms with van der Waals surface area (Å²) in [5.41, 5.74) is 6.47. The van der Waals surface area contributed by atoms with Crippen molar-refractivity contribution in [3.05, 3.63) is 70.3 Å². The van der Waals surface area contributed by atoms with E-state index in [1.54, 1.807) is 42.7 Å². The molecule has 0 unspecified atom stereocenters. The Morgan fingerprint density at radius 3 is 1.78 bits per heavy atom. The van der Waals surface area contributed by atoms with Crippen LogP contribution in [0.2, 0.25) is 0 Å². The van der Waals surface area contributed by atoms with Crippen LogP contribution in [0.25, 0.3) is 0 Å². The minimum atomic E-state index is 0.252. The van der Waals surface area contributed by atoms with E-state index in [4.69, 9.17) is 28.4 Å². The van der Waals surface area contributed by atoms with Gasteiger partial charge in [-0.25, -0.2) is 0 Å². The van der Waals surface area contributed by atoms with Crippen LogP contribution in [0.15, 0.2) is 42.5 Å². The molecule has 5 rings (SSSR count). The molecule has 0 saturated heterocycles. The van der Waals surface area contributed by atoms with Crippen LogP contribution in [0.5, 0.6) is 34.5 Å². The van der Waals surface area contributed by atoms with Gasteiger partial charge in [-0.2, -0.15) is 0 Å². The lowest BCUT2D eigenvalue weighted by atomic mass is 9.80. The van der Waals surface area contributed by atoms with Crippen molar-refractivity contribution in [2.75, 3.05) is 49.2 Å². The van der Waals surface area contributed by atoms with Crippen LogP contribution < -0.4 is 28.4 Å². The zero-order valence-corrected chi connectivity index (χ0v) is 22.6. The van der Waals surface area contributed by atoms with Gasteiger partial charge < -0.3 is 32.9 Å². The summed E-state index contributed by atoms with van der Waals surface area (Å²) >= 11 is 0. The molecular formula is C30H36NO6+. The molecule has 0 fully saturated rings. The van der Waals surface area contributed by atoms with Gasteiger partial charge in [-0.3, -0.25) is 0 Å². The average Bonchev–Trinajstić information content (AvgIpc) is 2.94. The molecule has 0 spiro atoms. The maximum Gasteiger partial charge on any atom is 0.161 e. The molecule has 3 aromatic carbocycles. The Balaban J connectivity index is 1.65. The summed E-state index contributed by atoms with van der Waals surface area (Å²) in [6.45, 7) is 2.77. The molecule has 2 atom stereocenters. The largest absolute Gasteiger partial charge is 0.493 e. The number of hydrogen-bond donors (Lipinski definition) is 0. The molecule has 7 nitrogen and oxygen atoms in total. The highest BCUT2D eigenvalue weighted by atomic mass is 16.5. The van der Waals surface area contributed by atoms with E-state index in [1.807, 2.05) is 6.07 Å². The quantitative estimate of drug-likeness (QED) is 0.396. The van der Waals surface area contributed by atoms with E-state index in [9.17, 15) is 0 Å². The summed E-state index contributed by atoms with van der Waals surface area (Å²) < 4.78 is 34.7. The lowest BCUT2D eigenvalue weighted by Gasteiger charge is -2.51. The summed E-state index contributed by atoms with van der Waals surface area (Å²) in [6.07, 6.45) is 1.85. The molecule has 2 aliphatic heterocycles. The molecule has 0 aliphatic carbocycles. The fourth-order valence-corrected chi connectivity index (χ4v) is 6.19. The van der Waals surface area contributed by atoms with Crippen molar-refractivity contribution in [1.82, 2.24) is 0 Å². The van der Waals surface area contributed by atoms with Gasteiger partial charge in [0.25, 0.3) is 0 Å². The minimum Gasteiger partial charge on any atom is -0.493 e. The van der Waals surface area contributed by atoms with Crippen molar-refractivity contribution >= 4 is 0 Å². The topological polar surface area (TPSA) is 55.4 Å². The maximum atomic E-state index is 5.73. The number of rotatable bonds is 8. The molecule has 0 amide bonds. The summed E-state index contributed by atoms with van der Waals surface area (Å²) in [6, 6.07) is 15.2. The fraction of sp³-hybridized carbons (Fsp3) is 0.400. The third-order valence-electron chi connectivity index (χ3n) is 8.04. The summed E-state index contributed by atoms with van der Waals surface area (Å²) in [7, 11) is 10.1. The Kier molecular flexibility index (Phi) is 6.82. The highest BCUT2D eigenvalue weighted by Crippen LogP contribution is 2.49. The molecule has 3 aromatic rings. The number of methoxy groups -OCH3 is 6. The van der Waals surface area contributed by atoms with Crippen LogP contribution in [0, 0.1) is 0 Å². The van der Waals surface area contributed by atoms with Gasteiger partial charge in [-0.05, 0) is 53.6 Å². The van der Waals surface area contributed by atoms with Crippen LogP contribution >= 0.6 is 0 Å². The standard InChI is InChI=1S/C30H36NO6/c1-32-25-8-7-19(11-26(25)33-2)17-31-10-9-20-13-27(34-3)30(37-6)16-23(20)24(31)12-21-14-28(35-4)29(36-5)15-22(21)18-31/h7-8,11,13-16,24H,9-10,12,17-18H2,1-6H3/q+1/t24-,31+/m1/s1. The van der Waals surface area contributed by atoms with E-state index in [2.05, 4.69) is 36.4 Å². The molecule has 37 heavy (non-hydrogen) atoms. The van der Waals surface area contributed by atoms with Crippen molar-refractivity contribution in [3.63, 3.8) is 0 Å². The Morgan fingerprint density at radius 1 is 0.622 bits per heavy atom. The van der Waals surface area contributed by atoms with Crippen LogP contribution in [0.1, 0.15) is 33.9 Å². The highest BCUT2D eigenvalue weighted by Gasteiger charge is 2.47. The van der Waals surface area contributed by atoms with E-state index < -0.39 is 0 Å². The first-order valence-electron chi connectivity index (χ1n) is 12.5. The van der Waals surface area contributed by atoms with Crippen molar-refractivity contribution in [3.8, 4) is 34.5 Å². The second kappa shape index (κ2) is 10.1. The van der Waals surface area contributed by atoms with Gasteiger partial charge >= 0.3 is 0 Å². The van der Waals surface area contributed by atoms with Crippen LogP contribution in [-0.2, 0) is 25.9 Å². The van der Waals surface area contributed by atoms with Gasteiger partial charge in [0.2, 0.25) is 0 Å². The maximum absolute atomic E-state index is 5.73. The molecule has 0 bridgehead atoms. The van der Waals surface area contributed by atoms with Crippen molar-refractivity contribution < 1.29 is 32.9 Å². The summed E-state index contributed by atoms with van der Waals surface area (Å²) in [5.74, 6) is 4.58. The van der Waals surface area contributed by atoms with Crippen LogP contribution in [0.3, 0.4) is 0 Å². The first-order valence-corrected chi connectivity index (χ1v) is 12.5. The SMILES string of the molecule is COc1ccc(C[N@+]23CCc4cc(OC)c(OC)cc4[C@H]2Cc2cc(OC)c(OC)cc2C3)cc1OC. The highest BCUT2D eigenvalue weighted by molar-refractivity contribution is 5.52. The predicted octanol–water partition coefficient (Wildman–Crippen LogP) is 5.11. The van der Waals surface area contributed by atoms with Crippen molar-refractivity contribution in [2.24, 2.45) is 0 Å². The fourth-order valence-electron chi connectivity index (χ4n) is 6.19. The molecule has 2 aliphatic rings. The third-order valence-corrected chi connectivity index (χ3v) is 8.04. The van der Waals surface area contributed by atoms with Gasteiger partial charge in [-0.1, -0.05) is 0 Å². The van der Waals surface area contributed by atoms with Crippen LogP contribution in [0.4, 0.5) is 0 Å². The monoisotopic (exact) mass is 506 g/mol. The molecule has 0 radical (unpaired) electrons. The Bertz CT molecular complexity index is 1310.